The predicted molar refractivity (Wildman–Crippen MR) is 94.5 cm³/mol. The summed E-state index contributed by atoms with van der Waals surface area (Å²) in [5.41, 5.74) is 2.75. The van der Waals surface area contributed by atoms with Crippen molar-refractivity contribution in [1.82, 2.24) is 10.2 Å². The lowest BCUT2D eigenvalue weighted by Gasteiger charge is -2.18. The Kier molecular flexibility index (Phi) is 5.81. The highest BCUT2D eigenvalue weighted by Gasteiger charge is 2.32. The molecule has 1 N–H and O–H groups in total. The Bertz CT molecular complexity index is 573. The van der Waals surface area contributed by atoms with Crippen LogP contribution in [0.2, 0.25) is 0 Å². The molecule has 23 heavy (non-hydrogen) atoms. The summed E-state index contributed by atoms with van der Waals surface area (Å²) in [4.78, 5) is 2.48. The number of hydrogen-bond acceptors (Lipinski definition) is 3. The predicted octanol–water partition coefficient (Wildman–Crippen LogP) is 2.72. The van der Waals surface area contributed by atoms with Crippen molar-refractivity contribution in [2.45, 2.75) is 25.1 Å². The number of ether oxygens (including phenoxy) is 1. The highest BCUT2D eigenvalue weighted by Crippen LogP contribution is 2.16. The molecular formula is C20H26N2O. The van der Waals surface area contributed by atoms with Gasteiger partial charge in [-0.2, -0.15) is 0 Å². The van der Waals surface area contributed by atoms with E-state index in [1.54, 1.807) is 0 Å². The summed E-state index contributed by atoms with van der Waals surface area (Å²) >= 11 is 0. The molecule has 3 rings (SSSR count). The molecular weight excluding hydrogens is 284 g/mol. The van der Waals surface area contributed by atoms with Crippen LogP contribution in [0.15, 0.2) is 60.7 Å². The molecule has 0 unspecified atom stereocenters. The average molecular weight is 310 g/mol. The molecule has 3 nitrogen and oxygen atoms in total. The summed E-state index contributed by atoms with van der Waals surface area (Å²) in [5, 5.41) is 3.68. The fourth-order valence-electron chi connectivity index (χ4n) is 3.30. The lowest BCUT2D eigenvalue weighted by molar-refractivity contribution is 0.0895. The van der Waals surface area contributed by atoms with Crippen LogP contribution in [-0.2, 0) is 17.7 Å². The molecule has 0 aromatic heterocycles. The number of hydrogen-bond donors (Lipinski definition) is 1. The summed E-state index contributed by atoms with van der Waals surface area (Å²) in [6, 6.07) is 21.7. The van der Waals surface area contributed by atoms with Crippen LogP contribution in [0.5, 0.6) is 0 Å². The fourth-order valence-corrected chi connectivity index (χ4v) is 3.30. The monoisotopic (exact) mass is 310 g/mol. The van der Waals surface area contributed by atoms with E-state index in [4.69, 9.17) is 4.74 Å². The van der Waals surface area contributed by atoms with E-state index in [-0.39, 0.29) is 6.10 Å². The van der Waals surface area contributed by atoms with Gasteiger partial charge in [0.25, 0.3) is 0 Å². The van der Waals surface area contributed by atoms with Crippen LogP contribution in [0.1, 0.15) is 11.1 Å². The molecule has 1 aliphatic rings. The van der Waals surface area contributed by atoms with Gasteiger partial charge in [-0.15, -0.1) is 0 Å². The van der Waals surface area contributed by atoms with Crippen LogP contribution < -0.4 is 5.32 Å². The second-order valence-electron chi connectivity index (χ2n) is 6.25. The largest absolute Gasteiger partial charge is 0.378 e. The average Bonchev–Trinajstić information content (AvgIpc) is 2.98. The molecule has 0 amide bonds. The molecule has 1 heterocycles. The first kappa shape index (κ1) is 16.2. The van der Waals surface area contributed by atoms with E-state index in [1.165, 1.54) is 11.1 Å². The van der Waals surface area contributed by atoms with E-state index in [1.807, 2.05) is 7.11 Å². The van der Waals surface area contributed by atoms with E-state index in [2.05, 4.69) is 70.9 Å². The van der Waals surface area contributed by atoms with Crippen LogP contribution in [-0.4, -0.2) is 43.8 Å². The number of nitrogens with one attached hydrogen (secondary N) is 1. The highest BCUT2D eigenvalue weighted by molar-refractivity contribution is 5.16. The highest BCUT2D eigenvalue weighted by atomic mass is 16.5. The summed E-state index contributed by atoms with van der Waals surface area (Å²) in [6.07, 6.45) is 1.33. The molecule has 2 aromatic rings. The Hall–Kier alpha value is -1.68. The third-order valence-corrected chi connectivity index (χ3v) is 4.56. The molecule has 1 fully saturated rings. The van der Waals surface area contributed by atoms with E-state index in [0.717, 1.165) is 32.6 Å². The lowest BCUT2D eigenvalue weighted by atomic mass is 10.1. The van der Waals surface area contributed by atoms with E-state index < -0.39 is 0 Å². The molecule has 1 saturated heterocycles. The Morgan fingerprint density at radius 2 is 1.61 bits per heavy atom. The quantitative estimate of drug-likeness (QED) is 0.851. The SMILES string of the molecule is CO[C@@H]1CN(Cc2ccccc2)C[C@H]1NCCc1ccccc1. The van der Waals surface area contributed by atoms with Gasteiger partial charge in [0.2, 0.25) is 0 Å². The van der Waals surface area contributed by atoms with Crippen LogP contribution in [0.4, 0.5) is 0 Å². The van der Waals surface area contributed by atoms with Crippen LogP contribution in [0.3, 0.4) is 0 Å². The number of likely N-dealkylation sites (tertiary alicyclic amines) is 1. The van der Waals surface area contributed by atoms with Crippen molar-refractivity contribution in [2.75, 3.05) is 26.7 Å². The first-order valence-electron chi connectivity index (χ1n) is 8.41. The van der Waals surface area contributed by atoms with Crippen LogP contribution in [0, 0.1) is 0 Å². The van der Waals surface area contributed by atoms with Crippen molar-refractivity contribution in [2.24, 2.45) is 0 Å². The molecule has 0 spiro atoms. The number of rotatable bonds is 7. The van der Waals surface area contributed by atoms with Crippen molar-refractivity contribution >= 4 is 0 Å². The minimum Gasteiger partial charge on any atom is -0.378 e. The van der Waals surface area contributed by atoms with Gasteiger partial charge >= 0.3 is 0 Å². The molecule has 1 aliphatic heterocycles. The maximum atomic E-state index is 5.69. The molecule has 122 valence electrons. The Morgan fingerprint density at radius 1 is 0.957 bits per heavy atom. The molecule has 3 heteroatoms. The van der Waals surface area contributed by atoms with Crippen LogP contribution in [0.25, 0.3) is 0 Å². The third kappa shape index (κ3) is 4.64. The normalized spacial score (nSPS) is 21.6. The van der Waals surface area contributed by atoms with Gasteiger partial charge in [0.05, 0.1) is 6.10 Å². The number of nitrogens with zero attached hydrogens (tertiary/aromatic N) is 1. The summed E-state index contributed by atoms with van der Waals surface area (Å²) in [6.45, 7) is 4.03. The van der Waals surface area contributed by atoms with Crippen molar-refractivity contribution in [3.8, 4) is 0 Å². The van der Waals surface area contributed by atoms with E-state index in [0.29, 0.717) is 6.04 Å². The van der Waals surface area contributed by atoms with Crippen molar-refractivity contribution < 1.29 is 4.74 Å². The van der Waals surface area contributed by atoms with Gasteiger partial charge in [-0.25, -0.2) is 0 Å². The zero-order valence-electron chi connectivity index (χ0n) is 13.8. The maximum Gasteiger partial charge on any atom is 0.0863 e. The standard InChI is InChI=1S/C20H26N2O/c1-23-20-16-22(14-18-10-6-3-7-11-18)15-19(20)21-13-12-17-8-4-2-5-9-17/h2-11,19-21H,12-16H2,1H3/t19-,20-/m1/s1. The second kappa shape index (κ2) is 8.25. The van der Waals surface area contributed by atoms with Gasteiger partial charge in [0.1, 0.15) is 0 Å². The molecule has 0 saturated carbocycles. The summed E-state index contributed by atoms with van der Waals surface area (Å²) in [7, 11) is 1.82. The second-order valence-corrected chi connectivity index (χ2v) is 6.25. The van der Waals surface area contributed by atoms with Crippen LogP contribution >= 0.6 is 0 Å². The van der Waals surface area contributed by atoms with Gasteiger partial charge in [-0.3, -0.25) is 4.90 Å². The summed E-state index contributed by atoms with van der Waals surface area (Å²) < 4.78 is 5.69. The van der Waals surface area contributed by atoms with Gasteiger partial charge in [0.15, 0.2) is 0 Å². The number of benzene rings is 2. The Labute approximate surface area is 139 Å². The van der Waals surface area contributed by atoms with Gasteiger partial charge in [-0.1, -0.05) is 60.7 Å². The first-order chi connectivity index (χ1) is 11.3. The maximum absolute atomic E-state index is 5.69. The Balaban J connectivity index is 1.49. The molecule has 2 atom stereocenters. The topological polar surface area (TPSA) is 24.5 Å². The molecule has 2 aromatic carbocycles. The van der Waals surface area contributed by atoms with Crippen molar-refractivity contribution in [3.63, 3.8) is 0 Å². The number of methoxy groups -OCH3 is 1. The third-order valence-electron chi connectivity index (χ3n) is 4.56. The van der Waals surface area contributed by atoms with Gasteiger partial charge < -0.3 is 10.1 Å². The lowest BCUT2D eigenvalue weighted by Crippen LogP contribution is -2.41. The zero-order chi connectivity index (χ0) is 15.9. The van der Waals surface area contributed by atoms with Crippen molar-refractivity contribution in [3.05, 3.63) is 71.8 Å². The van der Waals surface area contributed by atoms with Gasteiger partial charge in [0, 0.05) is 32.8 Å². The molecule has 0 radical (unpaired) electrons. The minimum absolute atomic E-state index is 0.273. The molecule has 0 aliphatic carbocycles. The minimum atomic E-state index is 0.273. The molecule has 0 bridgehead atoms. The Morgan fingerprint density at radius 3 is 2.26 bits per heavy atom. The zero-order valence-corrected chi connectivity index (χ0v) is 13.8. The fraction of sp³-hybridized carbons (Fsp3) is 0.400. The van der Waals surface area contributed by atoms with Crippen molar-refractivity contribution in [1.29, 1.82) is 0 Å². The first-order valence-corrected chi connectivity index (χ1v) is 8.41. The summed E-state index contributed by atoms with van der Waals surface area (Å²) in [5.74, 6) is 0. The van der Waals surface area contributed by atoms with E-state index in [9.17, 15) is 0 Å². The van der Waals surface area contributed by atoms with Gasteiger partial charge in [-0.05, 0) is 24.1 Å². The smallest absolute Gasteiger partial charge is 0.0863 e. The van der Waals surface area contributed by atoms with E-state index >= 15 is 0 Å².